The van der Waals surface area contributed by atoms with Crippen molar-refractivity contribution in [1.29, 1.82) is 0 Å². The molecule has 3 rings (SSSR count). The maximum Gasteiger partial charge on any atom is 0.165 e. The first-order chi connectivity index (χ1) is 9.34. The first kappa shape index (κ1) is 12.2. The fourth-order valence-corrected chi connectivity index (χ4v) is 2.34. The first-order valence-electron chi connectivity index (χ1n) is 6.41. The second-order valence-corrected chi connectivity index (χ2v) is 4.55. The van der Waals surface area contributed by atoms with Crippen molar-refractivity contribution in [2.75, 3.05) is 13.2 Å². The van der Waals surface area contributed by atoms with Gasteiger partial charge < -0.3 is 9.47 Å². The number of para-hydroxylation sites is 1. The Bertz CT molecular complexity index is 568. The van der Waals surface area contributed by atoms with Crippen molar-refractivity contribution in [3.05, 3.63) is 65.5 Å². The molecule has 0 saturated heterocycles. The summed E-state index contributed by atoms with van der Waals surface area (Å²) >= 11 is 0. The smallest absolute Gasteiger partial charge is 0.165 e. The average Bonchev–Trinajstić information content (AvgIpc) is 2.46. The van der Waals surface area contributed by atoms with Gasteiger partial charge >= 0.3 is 0 Å². The zero-order valence-corrected chi connectivity index (χ0v) is 10.5. The molecule has 1 aliphatic heterocycles. The van der Waals surface area contributed by atoms with Gasteiger partial charge in [0.2, 0.25) is 0 Å². The summed E-state index contributed by atoms with van der Waals surface area (Å²) in [6.07, 6.45) is 0.802. The Hall–Kier alpha value is -1.87. The van der Waals surface area contributed by atoms with Gasteiger partial charge in [0.05, 0.1) is 6.61 Å². The van der Waals surface area contributed by atoms with Crippen molar-refractivity contribution in [3.8, 4) is 5.75 Å². The lowest BCUT2D eigenvalue weighted by Crippen LogP contribution is -2.21. The van der Waals surface area contributed by atoms with Gasteiger partial charge in [-0.25, -0.2) is 4.39 Å². The average molecular weight is 258 g/mol. The number of hydrogen-bond acceptors (Lipinski definition) is 2. The van der Waals surface area contributed by atoms with E-state index in [9.17, 15) is 4.39 Å². The van der Waals surface area contributed by atoms with E-state index in [0.717, 1.165) is 12.0 Å². The molecule has 3 heteroatoms. The van der Waals surface area contributed by atoms with E-state index in [-0.39, 0.29) is 17.7 Å². The van der Waals surface area contributed by atoms with Crippen LogP contribution in [0.5, 0.6) is 5.75 Å². The van der Waals surface area contributed by atoms with Crippen LogP contribution in [-0.2, 0) is 11.2 Å². The Balaban J connectivity index is 1.73. The summed E-state index contributed by atoms with van der Waals surface area (Å²) in [5, 5.41) is 0. The van der Waals surface area contributed by atoms with Gasteiger partial charge in [0.1, 0.15) is 12.7 Å². The van der Waals surface area contributed by atoms with Crippen LogP contribution in [-0.4, -0.2) is 13.2 Å². The van der Waals surface area contributed by atoms with Crippen molar-refractivity contribution < 1.29 is 13.9 Å². The van der Waals surface area contributed by atoms with Crippen LogP contribution in [0, 0.1) is 5.82 Å². The Morgan fingerprint density at radius 1 is 1.11 bits per heavy atom. The molecule has 98 valence electrons. The molecule has 1 heterocycles. The summed E-state index contributed by atoms with van der Waals surface area (Å²) in [6.45, 7) is 1.01. The van der Waals surface area contributed by atoms with Crippen LogP contribution in [0.15, 0.2) is 48.5 Å². The molecule has 2 nitrogen and oxygen atoms in total. The predicted molar refractivity (Wildman–Crippen MR) is 70.7 cm³/mol. The molecule has 1 atom stereocenters. The van der Waals surface area contributed by atoms with Gasteiger partial charge in [0.25, 0.3) is 0 Å². The Labute approximate surface area is 111 Å². The lowest BCUT2D eigenvalue weighted by Gasteiger charge is -2.26. The largest absolute Gasteiger partial charge is 0.487 e. The van der Waals surface area contributed by atoms with E-state index in [2.05, 4.69) is 6.07 Å². The minimum Gasteiger partial charge on any atom is -0.487 e. The molecule has 2 aromatic rings. The predicted octanol–water partition coefficient (Wildman–Crippen LogP) is 3.52. The molecule has 0 amide bonds. The van der Waals surface area contributed by atoms with Crippen LogP contribution in [0.25, 0.3) is 0 Å². The van der Waals surface area contributed by atoms with E-state index in [4.69, 9.17) is 9.47 Å². The van der Waals surface area contributed by atoms with Gasteiger partial charge in [-0.15, -0.1) is 0 Å². The highest BCUT2D eigenvalue weighted by molar-refractivity contribution is 5.31. The first-order valence-corrected chi connectivity index (χ1v) is 6.41. The molecule has 1 unspecified atom stereocenters. The Kier molecular flexibility index (Phi) is 3.47. The third-order valence-electron chi connectivity index (χ3n) is 3.32. The second-order valence-electron chi connectivity index (χ2n) is 4.55. The number of ether oxygens (including phenoxy) is 2. The van der Waals surface area contributed by atoms with Crippen molar-refractivity contribution in [1.82, 2.24) is 0 Å². The minimum atomic E-state index is -0.341. The molecule has 0 aromatic heterocycles. The van der Waals surface area contributed by atoms with E-state index in [1.165, 1.54) is 11.6 Å². The molecule has 0 aliphatic carbocycles. The molecule has 0 fully saturated rings. The third-order valence-corrected chi connectivity index (χ3v) is 3.32. The maximum absolute atomic E-state index is 13.5. The normalized spacial score (nSPS) is 17.8. The van der Waals surface area contributed by atoms with E-state index < -0.39 is 0 Å². The van der Waals surface area contributed by atoms with Gasteiger partial charge in [-0.05, 0) is 29.7 Å². The molecule has 0 radical (unpaired) electrons. The van der Waals surface area contributed by atoms with Crippen molar-refractivity contribution in [3.63, 3.8) is 0 Å². The fourth-order valence-electron chi connectivity index (χ4n) is 2.34. The fraction of sp³-hybridized carbons (Fsp3) is 0.250. The molecule has 0 saturated carbocycles. The van der Waals surface area contributed by atoms with E-state index in [0.29, 0.717) is 13.2 Å². The number of fused-ring (bicyclic) bond motifs is 1. The third kappa shape index (κ3) is 2.61. The van der Waals surface area contributed by atoms with Crippen LogP contribution < -0.4 is 4.74 Å². The topological polar surface area (TPSA) is 18.5 Å². The van der Waals surface area contributed by atoms with Crippen molar-refractivity contribution in [2.24, 2.45) is 0 Å². The van der Waals surface area contributed by atoms with Gasteiger partial charge in [-0.1, -0.05) is 36.4 Å². The Morgan fingerprint density at radius 2 is 1.89 bits per heavy atom. The van der Waals surface area contributed by atoms with Gasteiger partial charge in [-0.3, -0.25) is 0 Å². The number of halogens is 1. The summed E-state index contributed by atoms with van der Waals surface area (Å²) in [7, 11) is 0. The van der Waals surface area contributed by atoms with Gasteiger partial charge in [0, 0.05) is 0 Å². The standard InChI is InChI=1S/C16H15FO2/c17-14-7-3-4-8-15(14)19-11-16-13-6-2-1-5-12(13)9-10-18-16/h1-8,16H,9-11H2. The van der Waals surface area contributed by atoms with Crippen LogP contribution in [0.2, 0.25) is 0 Å². The molecule has 1 aliphatic rings. The van der Waals surface area contributed by atoms with Crippen LogP contribution in [0.4, 0.5) is 4.39 Å². The monoisotopic (exact) mass is 258 g/mol. The lowest BCUT2D eigenvalue weighted by atomic mass is 9.98. The summed E-state index contributed by atoms with van der Waals surface area (Å²) in [5.74, 6) is -0.0688. The molecular weight excluding hydrogens is 243 g/mol. The highest BCUT2D eigenvalue weighted by Gasteiger charge is 2.21. The molecule has 19 heavy (non-hydrogen) atoms. The number of hydrogen-bond donors (Lipinski definition) is 0. The highest BCUT2D eigenvalue weighted by Crippen LogP contribution is 2.28. The number of rotatable bonds is 3. The zero-order chi connectivity index (χ0) is 13.1. The molecular formula is C16H15FO2. The highest BCUT2D eigenvalue weighted by atomic mass is 19.1. The Morgan fingerprint density at radius 3 is 2.79 bits per heavy atom. The maximum atomic E-state index is 13.5. The van der Waals surface area contributed by atoms with E-state index >= 15 is 0 Å². The summed E-state index contributed by atoms with van der Waals surface area (Å²) in [4.78, 5) is 0. The lowest BCUT2D eigenvalue weighted by molar-refractivity contribution is 0.00935. The minimum absolute atomic E-state index is 0.121. The SMILES string of the molecule is Fc1ccccc1OCC1OCCc2ccccc21. The quantitative estimate of drug-likeness (QED) is 0.838. The number of benzene rings is 2. The second kappa shape index (κ2) is 5.41. The van der Waals surface area contributed by atoms with Crippen molar-refractivity contribution >= 4 is 0 Å². The molecule has 2 aromatic carbocycles. The summed E-state index contributed by atoms with van der Waals surface area (Å²) in [5.41, 5.74) is 2.43. The van der Waals surface area contributed by atoms with Crippen LogP contribution >= 0.6 is 0 Å². The van der Waals surface area contributed by atoms with E-state index in [1.54, 1.807) is 18.2 Å². The molecule has 0 spiro atoms. The van der Waals surface area contributed by atoms with E-state index in [1.807, 2.05) is 18.2 Å². The van der Waals surface area contributed by atoms with Gasteiger partial charge in [0.15, 0.2) is 11.6 Å². The van der Waals surface area contributed by atoms with Crippen LogP contribution in [0.1, 0.15) is 17.2 Å². The van der Waals surface area contributed by atoms with Gasteiger partial charge in [-0.2, -0.15) is 0 Å². The summed E-state index contributed by atoms with van der Waals surface area (Å²) in [6, 6.07) is 14.6. The summed E-state index contributed by atoms with van der Waals surface area (Å²) < 4.78 is 24.7. The van der Waals surface area contributed by atoms with Crippen molar-refractivity contribution in [2.45, 2.75) is 12.5 Å². The van der Waals surface area contributed by atoms with Crippen LogP contribution in [0.3, 0.4) is 0 Å². The zero-order valence-electron chi connectivity index (χ0n) is 10.5. The molecule has 0 bridgehead atoms. The molecule has 0 N–H and O–H groups in total.